The minimum absolute atomic E-state index is 0.0311. The standard InChI is InChI=1S/C13H15N3OS2/c1-7(11(17)14-2)18-12-10-8-4-3-5-9(8)19-13(10)16-6-15-12/h6-7H,3-5H2,1-2H3,(H,14,17). The Morgan fingerprint density at radius 3 is 3.11 bits per heavy atom. The molecule has 0 radical (unpaired) electrons. The SMILES string of the molecule is CNC(=O)C(C)Sc1ncnc2sc3c(c12)CCC3. The molecular formula is C13H15N3OS2. The molecule has 1 amide bonds. The highest BCUT2D eigenvalue weighted by Gasteiger charge is 2.23. The maximum atomic E-state index is 11.7. The Balaban J connectivity index is 2.01. The maximum absolute atomic E-state index is 11.7. The Kier molecular flexibility index (Phi) is 3.45. The number of carbonyl (C=O) groups excluding carboxylic acids is 1. The van der Waals surface area contributed by atoms with Crippen molar-refractivity contribution < 1.29 is 4.79 Å². The lowest BCUT2D eigenvalue weighted by Crippen LogP contribution is -2.27. The highest BCUT2D eigenvalue weighted by Crippen LogP contribution is 2.40. The van der Waals surface area contributed by atoms with Crippen LogP contribution in [-0.2, 0) is 17.6 Å². The molecule has 0 saturated heterocycles. The van der Waals surface area contributed by atoms with E-state index in [1.54, 1.807) is 24.7 Å². The number of rotatable bonds is 3. The molecule has 100 valence electrons. The molecule has 0 bridgehead atoms. The van der Waals surface area contributed by atoms with E-state index < -0.39 is 0 Å². The van der Waals surface area contributed by atoms with Gasteiger partial charge in [-0.05, 0) is 31.7 Å². The number of hydrogen-bond donors (Lipinski definition) is 1. The van der Waals surface area contributed by atoms with Crippen LogP contribution in [0.5, 0.6) is 0 Å². The third kappa shape index (κ3) is 2.23. The molecule has 0 aliphatic heterocycles. The molecule has 0 aromatic carbocycles. The Bertz CT molecular complexity index is 638. The molecular weight excluding hydrogens is 278 g/mol. The van der Waals surface area contributed by atoms with Crippen molar-refractivity contribution >= 4 is 39.2 Å². The molecule has 2 heterocycles. The Morgan fingerprint density at radius 1 is 1.47 bits per heavy atom. The number of thiophene rings is 1. The summed E-state index contributed by atoms with van der Waals surface area (Å²) < 4.78 is 0. The van der Waals surface area contributed by atoms with Crippen molar-refractivity contribution in [2.45, 2.75) is 36.5 Å². The molecule has 2 aromatic rings. The van der Waals surface area contributed by atoms with Gasteiger partial charge >= 0.3 is 0 Å². The van der Waals surface area contributed by atoms with Crippen LogP contribution in [0.4, 0.5) is 0 Å². The van der Waals surface area contributed by atoms with Crippen LogP contribution in [0.2, 0.25) is 0 Å². The van der Waals surface area contributed by atoms with Gasteiger partial charge in [-0.25, -0.2) is 9.97 Å². The summed E-state index contributed by atoms with van der Waals surface area (Å²) in [4.78, 5) is 22.9. The lowest BCUT2D eigenvalue weighted by Gasteiger charge is -2.09. The van der Waals surface area contributed by atoms with Crippen molar-refractivity contribution in [1.29, 1.82) is 0 Å². The number of hydrogen-bond acceptors (Lipinski definition) is 5. The second-order valence-electron chi connectivity index (χ2n) is 4.59. The van der Waals surface area contributed by atoms with Crippen LogP contribution in [0, 0.1) is 0 Å². The monoisotopic (exact) mass is 293 g/mol. The number of carbonyl (C=O) groups is 1. The molecule has 0 spiro atoms. The molecule has 1 aliphatic rings. The number of nitrogens with one attached hydrogen (secondary N) is 1. The van der Waals surface area contributed by atoms with Gasteiger partial charge in [-0.15, -0.1) is 11.3 Å². The van der Waals surface area contributed by atoms with Gasteiger partial charge in [0.25, 0.3) is 0 Å². The number of aryl methyl sites for hydroxylation is 2. The average Bonchev–Trinajstić information content (AvgIpc) is 2.97. The molecule has 1 aliphatic carbocycles. The topological polar surface area (TPSA) is 54.9 Å². The van der Waals surface area contributed by atoms with Gasteiger partial charge in [0.05, 0.1) is 5.25 Å². The maximum Gasteiger partial charge on any atom is 0.233 e. The summed E-state index contributed by atoms with van der Waals surface area (Å²) in [6, 6.07) is 0. The fourth-order valence-corrected chi connectivity index (χ4v) is 4.71. The van der Waals surface area contributed by atoms with Crippen molar-refractivity contribution in [2.24, 2.45) is 0 Å². The van der Waals surface area contributed by atoms with Gasteiger partial charge < -0.3 is 5.32 Å². The van der Waals surface area contributed by atoms with Crippen LogP contribution in [0.25, 0.3) is 10.2 Å². The van der Waals surface area contributed by atoms with Gasteiger partial charge in [0.1, 0.15) is 16.2 Å². The normalized spacial score (nSPS) is 15.5. The number of amides is 1. The first-order valence-corrected chi connectivity index (χ1v) is 8.04. The van der Waals surface area contributed by atoms with Crippen molar-refractivity contribution in [1.82, 2.24) is 15.3 Å². The molecule has 1 unspecified atom stereocenters. The van der Waals surface area contributed by atoms with E-state index >= 15 is 0 Å². The second kappa shape index (κ2) is 5.09. The van der Waals surface area contributed by atoms with E-state index in [2.05, 4.69) is 15.3 Å². The van der Waals surface area contributed by atoms with Gasteiger partial charge in [-0.2, -0.15) is 0 Å². The predicted molar refractivity (Wildman–Crippen MR) is 78.8 cm³/mol. The lowest BCUT2D eigenvalue weighted by atomic mass is 10.2. The molecule has 0 saturated carbocycles. The van der Waals surface area contributed by atoms with Gasteiger partial charge in [-0.1, -0.05) is 11.8 Å². The zero-order valence-corrected chi connectivity index (χ0v) is 12.5. The predicted octanol–water partition coefficient (Wildman–Crippen LogP) is 2.41. The van der Waals surface area contributed by atoms with Crippen LogP contribution in [-0.4, -0.2) is 28.2 Å². The summed E-state index contributed by atoms with van der Waals surface area (Å²) in [5.41, 5.74) is 1.41. The van der Waals surface area contributed by atoms with Crippen LogP contribution < -0.4 is 5.32 Å². The van der Waals surface area contributed by atoms with E-state index in [4.69, 9.17) is 0 Å². The fraction of sp³-hybridized carbons (Fsp3) is 0.462. The molecule has 1 atom stereocenters. The van der Waals surface area contributed by atoms with Crippen LogP contribution in [0.3, 0.4) is 0 Å². The smallest absolute Gasteiger partial charge is 0.233 e. The van der Waals surface area contributed by atoms with Crippen LogP contribution >= 0.6 is 23.1 Å². The first-order valence-electron chi connectivity index (χ1n) is 6.34. The molecule has 3 rings (SSSR count). The Labute approximate surface area is 120 Å². The van der Waals surface area contributed by atoms with E-state index in [1.807, 2.05) is 6.92 Å². The summed E-state index contributed by atoms with van der Waals surface area (Å²) in [5.74, 6) is 0.0311. The van der Waals surface area contributed by atoms with Gasteiger partial charge in [-0.3, -0.25) is 4.79 Å². The summed E-state index contributed by atoms with van der Waals surface area (Å²) in [5, 5.41) is 4.67. The molecule has 19 heavy (non-hydrogen) atoms. The van der Waals surface area contributed by atoms with Gasteiger partial charge in [0, 0.05) is 17.3 Å². The fourth-order valence-electron chi connectivity index (χ4n) is 2.41. The van der Waals surface area contributed by atoms with Crippen LogP contribution in [0.15, 0.2) is 11.4 Å². The number of fused-ring (bicyclic) bond motifs is 3. The van der Waals surface area contributed by atoms with E-state index in [0.29, 0.717) is 0 Å². The van der Waals surface area contributed by atoms with E-state index in [-0.39, 0.29) is 11.2 Å². The Hall–Kier alpha value is -1.14. The van der Waals surface area contributed by atoms with E-state index in [9.17, 15) is 4.79 Å². The first kappa shape index (κ1) is 12.9. The minimum Gasteiger partial charge on any atom is -0.358 e. The summed E-state index contributed by atoms with van der Waals surface area (Å²) >= 11 is 3.30. The highest BCUT2D eigenvalue weighted by molar-refractivity contribution is 8.00. The number of thioether (sulfide) groups is 1. The average molecular weight is 293 g/mol. The van der Waals surface area contributed by atoms with Crippen molar-refractivity contribution in [3.63, 3.8) is 0 Å². The van der Waals surface area contributed by atoms with Gasteiger partial charge in [0.2, 0.25) is 5.91 Å². The summed E-state index contributed by atoms with van der Waals surface area (Å²) in [6.07, 6.45) is 5.10. The third-order valence-electron chi connectivity index (χ3n) is 3.37. The van der Waals surface area contributed by atoms with Crippen molar-refractivity contribution in [3.8, 4) is 0 Å². The molecule has 1 N–H and O–H groups in total. The van der Waals surface area contributed by atoms with Crippen molar-refractivity contribution in [3.05, 3.63) is 16.8 Å². The zero-order chi connectivity index (χ0) is 13.4. The van der Waals surface area contributed by atoms with Gasteiger partial charge in [0.15, 0.2) is 0 Å². The molecule has 2 aromatic heterocycles. The molecule has 0 fully saturated rings. The third-order valence-corrected chi connectivity index (χ3v) is 5.67. The number of aromatic nitrogens is 2. The molecule has 4 nitrogen and oxygen atoms in total. The Morgan fingerprint density at radius 2 is 2.32 bits per heavy atom. The van der Waals surface area contributed by atoms with Crippen LogP contribution in [0.1, 0.15) is 23.8 Å². The second-order valence-corrected chi connectivity index (χ2v) is 7.00. The highest BCUT2D eigenvalue weighted by atomic mass is 32.2. The largest absolute Gasteiger partial charge is 0.358 e. The summed E-state index contributed by atoms with van der Waals surface area (Å²) in [7, 11) is 1.66. The van der Waals surface area contributed by atoms with E-state index in [0.717, 1.165) is 22.7 Å². The van der Waals surface area contributed by atoms with E-state index in [1.165, 1.54) is 34.0 Å². The van der Waals surface area contributed by atoms with Crippen molar-refractivity contribution in [2.75, 3.05) is 7.05 Å². The first-order chi connectivity index (χ1) is 9.20. The summed E-state index contributed by atoms with van der Waals surface area (Å²) in [6.45, 7) is 1.91. The minimum atomic E-state index is -0.139. The quantitative estimate of drug-likeness (QED) is 0.697. The number of nitrogens with zero attached hydrogens (tertiary/aromatic N) is 2. The molecule has 6 heteroatoms. The zero-order valence-electron chi connectivity index (χ0n) is 10.9. The lowest BCUT2D eigenvalue weighted by molar-refractivity contribution is -0.119.